The Labute approximate surface area is 67.6 Å². The molecule has 2 aliphatic rings. The lowest BCUT2D eigenvalue weighted by Gasteiger charge is -1.99. The monoisotopic (exact) mass is 144 g/mol. The Balaban J connectivity index is 2.36. The molecule has 2 aliphatic carbocycles. The molecule has 0 aromatic carbocycles. The van der Waals surface area contributed by atoms with Crippen molar-refractivity contribution >= 4 is 0 Å². The lowest BCUT2D eigenvalue weighted by atomic mass is 10.1. The summed E-state index contributed by atoms with van der Waals surface area (Å²) in [7, 11) is 0. The molecule has 0 amide bonds. The van der Waals surface area contributed by atoms with Crippen molar-refractivity contribution < 1.29 is 0 Å². The summed E-state index contributed by atoms with van der Waals surface area (Å²) in [4.78, 5) is 0. The van der Waals surface area contributed by atoms with E-state index in [1.165, 1.54) is 18.4 Å². The Kier molecular flexibility index (Phi) is 1.76. The Hall–Kier alpha value is -1.04. The minimum absolute atomic E-state index is 1.16. The first-order valence-corrected chi connectivity index (χ1v) is 4.17. The van der Waals surface area contributed by atoms with E-state index >= 15 is 0 Å². The van der Waals surface area contributed by atoms with E-state index < -0.39 is 0 Å². The number of fused-ring (bicyclic) bond motifs is 2. The van der Waals surface area contributed by atoms with Crippen LogP contribution in [0, 0.1) is 0 Å². The van der Waals surface area contributed by atoms with Gasteiger partial charge in [-0.3, -0.25) is 0 Å². The average molecular weight is 144 g/mol. The zero-order valence-electron chi connectivity index (χ0n) is 6.59. The zero-order chi connectivity index (χ0) is 7.52. The maximum atomic E-state index is 2.27. The lowest BCUT2D eigenvalue weighted by molar-refractivity contribution is 0.952. The second-order valence-corrected chi connectivity index (χ2v) is 3.07. The fourth-order valence-electron chi connectivity index (χ4n) is 1.54. The molecule has 0 radical (unpaired) electrons. The van der Waals surface area contributed by atoms with Crippen molar-refractivity contribution in [1.82, 2.24) is 0 Å². The maximum absolute atomic E-state index is 2.27. The van der Waals surface area contributed by atoms with E-state index in [1.807, 2.05) is 0 Å². The minimum Gasteiger partial charge on any atom is -0.0839 e. The second kappa shape index (κ2) is 2.91. The number of rotatable bonds is 0. The van der Waals surface area contributed by atoms with Gasteiger partial charge in [0, 0.05) is 0 Å². The van der Waals surface area contributed by atoms with Crippen LogP contribution in [0.1, 0.15) is 19.3 Å². The SMILES string of the molecule is C1=CC=C2CCC=CC(=C1)C2. The van der Waals surface area contributed by atoms with Crippen LogP contribution < -0.4 is 0 Å². The predicted octanol–water partition coefficient (Wildman–Crippen LogP) is 3.15. The minimum atomic E-state index is 1.16. The Morgan fingerprint density at radius 3 is 3.00 bits per heavy atom. The van der Waals surface area contributed by atoms with Crippen molar-refractivity contribution in [3.8, 4) is 0 Å². The first-order chi connectivity index (χ1) is 5.45. The highest BCUT2D eigenvalue weighted by atomic mass is 14.1. The van der Waals surface area contributed by atoms with Crippen LogP contribution in [-0.2, 0) is 0 Å². The molecule has 0 aromatic rings. The van der Waals surface area contributed by atoms with Crippen LogP contribution in [0.15, 0.2) is 47.6 Å². The number of hydrogen-bond acceptors (Lipinski definition) is 0. The lowest BCUT2D eigenvalue weighted by Crippen LogP contribution is -1.80. The molecule has 0 saturated carbocycles. The maximum Gasteiger partial charge on any atom is -0.00640 e. The molecule has 0 nitrogen and oxygen atoms in total. The molecule has 0 heterocycles. The van der Waals surface area contributed by atoms with Gasteiger partial charge in [-0.1, -0.05) is 42.0 Å². The first-order valence-electron chi connectivity index (χ1n) is 4.17. The smallest absolute Gasteiger partial charge is 0.00640 e. The van der Waals surface area contributed by atoms with Crippen LogP contribution in [0.5, 0.6) is 0 Å². The summed E-state index contributed by atoms with van der Waals surface area (Å²) in [5.41, 5.74) is 3.01. The van der Waals surface area contributed by atoms with Gasteiger partial charge in [-0.2, -0.15) is 0 Å². The average Bonchev–Trinajstić information content (AvgIpc) is 2.36. The molecule has 0 saturated heterocycles. The van der Waals surface area contributed by atoms with Crippen LogP contribution >= 0.6 is 0 Å². The van der Waals surface area contributed by atoms with Gasteiger partial charge >= 0.3 is 0 Å². The second-order valence-electron chi connectivity index (χ2n) is 3.07. The largest absolute Gasteiger partial charge is 0.0839 e. The van der Waals surface area contributed by atoms with Crippen LogP contribution in [0.25, 0.3) is 0 Å². The highest BCUT2D eigenvalue weighted by Gasteiger charge is 2.03. The number of allylic oxidation sites excluding steroid dienone is 8. The third-order valence-corrected chi connectivity index (χ3v) is 2.15. The standard InChI is InChI=1S/C11H12/c1-2-6-11-8-4-3-7-10(5-1)9-11/h1-3,5-7H,4,8-9H2. The van der Waals surface area contributed by atoms with Crippen molar-refractivity contribution in [3.63, 3.8) is 0 Å². The quantitative estimate of drug-likeness (QED) is 0.490. The van der Waals surface area contributed by atoms with Gasteiger partial charge in [0.25, 0.3) is 0 Å². The highest BCUT2D eigenvalue weighted by molar-refractivity contribution is 5.36. The Morgan fingerprint density at radius 2 is 2.00 bits per heavy atom. The molecule has 0 heteroatoms. The van der Waals surface area contributed by atoms with Crippen molar-refractivity contribution in [3.05, 3.63) is 47.6 Å². The fourth-order valence-corrected chi connectivity index (χ4v) is 1.54. The Morgan fingerprint density at radius 1 is 1.09 bits per heavy atom. The molecule has 2 rings (SSSR count). The van der Waals surface area contributed by atoms with Gasteiger partial charge in [0.15, 0.2) is 0 Å². The van der Waals surface area contributed by atoms with E-state index in [9.17, 15) is 0 Å². The molecule has 0 spiro atoms. The fraction of sp³-hybridized carbons (Fsp3) is 0.273. The van der Waals surface area contributed by atoms with Crippen LogP contribution in [0.4, 0.5) is 0 Å². The third kappa shape index (κ3) is 1.51. The van der Waals surface area contributed by atoms with Gasteiger partial charge < -0.3 is 0 Å². The molecule has 56 valence electrons. The number of hydrogen-bond donors (Lipinski definition) is 0. The molecule has 0 fully saturated rings. The molecule has 0 aromatic heterocycles. The van der Waals surface area contributed by atoms with Crippen molar-refractivity contribution in [2.24, 2.45) is 0 Å². The highest BCUT2D eigenvalue weighted by Crippen LogP contribution is 2.23. The van der Waals surface area contributed by atoms with Gasteiger partial charge in [0.05, 0.1) is 0 Å². The summed E-state index contributed by atoms with van der Waals surface area (Å²) in [6, 6.07) is 0. The van der Waals surface area contributed by atoms with Gasteiger partial charge in [-0.25, -0.2) is 0 Å². The van der Waals surface area contributed by atoms with Crippen molar-refractivity contribution in [2.45, 2.75) is 19.3 Å². The van der Waals surface area contributed by atoms with Crippen LogP contribution in [-0.4, -0.2) is 0 Å². The summed E-state index contributed by atoms with van der Waals surface area (Å²) >= 11 is 0. The van der Waals surface area contributed by atoms with E-state index in [4.69, 9.17) is 0 Å². The molecule has 0 unspecified atom stereocenters. The summed E-state index contributed by atoms with van der Waals surface area (Å²) in [5.74, 6) is 0. The molecule has 0 atom stereocenters. The van der Waals surface area contributed by atoms with Crippen LogP contribution in [0.3, 0.4) is 0 Å². The summed E-state index contributed by atoms with van der Waals surface area (Å²) < 4.78 is 0. The van der Waals surface area contributed by atoms with Gasteiger partial charge in [-0.05, 0) is 24.8 Å². The van der Waals surface area contributed by atoms with E-state index in [0.29, 0.717) is 0 Å². The van der Waals surface area contributed by atoms with E-state index in [0.717, 1.165) is 6.42 Å². The summed E-state index contributed by atoms with van der Waals surface area (Å²) in [6.07, 6.45) is 16.8. The molecular formula is C11H12. The van der Waals surface area contributed by atoms with Crippen molar-refractivity contribution in [2.75, 3.05) is 0 Å². The van der Waals surface area contributed by atoms with E-state index in [-0.39, 0.29) is 0 Å². The Bertz CT molecular complexity index is 262. The molecular weight excluding hydrogens is 132 g/mol. The van der Waals surface area contributed by atoms with Crippen LogP contribution in [0.2, 0.25) is 0 Å². The molecule has 2 bridgehead atoms. The first kappa shape index (κ1) is 6.66. The van der Waals surface area contributed by atoms with Crippen molar-refractivity contribution in [1.29, 1.82) is 0 Å². The zero-order valence-corrected chi connectivity index (χ0v) is 6.59. The molecule has 0 aliphatic heterocycles. The topological polar surface area (TPSA) is 0 Å². The molecule has 11 heavy (non-hydrogen) atoms. The van der Waals surface area contributed by atoms with Gasteiger partial charge in [0.1, 0.15) is 0 Å². The summed E-state index contributed by atoms with van der Waals surface area (Å²) in [6.45, 7) is 0. The predicted molar refractivity (Wildman–Crippen MR) is 48.3 cm³/mol. The molecule has 0 N–H and O–H groups in total. The van der Waals surface area contributed by atoms with Gasteiger partial charge in [-0.15, -0.1) is 0 Å². The summed E-state index contributed by atoms with van der Waals surface area (Å²) in [5, 5.41) is 0. The van der Waals surface area contributed by atoms with E-state index in [2.05, 4.69) is 36.5 Å². The van der Waals surface area contributed by atoms with Gasteiger partial charge in [0.2, 0.25) is 0 Å². The normalized spacial score (nSPS) is 21.8. The van der Waals surface area contributed by atoms with E-state index in [1.54, 1.807) is 5.57 Å². The third-order valence-electron chi connectivity index (χ3n) is 2.15.